The second-order valence-electron chi connectivity index (χ2n) is 33.7. The van der Waals surface area contributed by atoms with Crippen molar-refractivity contribution in [2.75, 3.05) is 19.0 Å². The molecule has 0 unspecified atom stereocenters. The van der Waals surface area contributed by atoms with Crippen molar-refractivity contribution in [3.8, 4) is 73.4 Å². The fourth-order valence-electron chi connectivity index (χ4n) is 16.2. The van der Waals surface area contributed by atoms with Gasteiger partial charge in [0, 0.05) is 169 Å². The van der Waals surface area contributed by atoms with Crippen LogP contribution in [0.25, 0.3) is 143 Å². The van der Waals surface area contributed by atoms with E-state index in [-0.39, 0.29) is 157 Å². The fourth-order valence-corrected chi connectivity index (χ4v) is 16.2. The van der Waals surface area contributed by atoms with Crippen molar-refractivity contribution < 1.29 is 130 Å². The fraction of sp³-hybridized carbons (Fsp3) is 0.167. The predicted octanol–water partition coefficient (Wildman–Crippen LogP) is 26.4. The van der Waals surface area contributed by atoms with E-state index in [1.807, 2.05) is 85.9 Å². The minimum Gasteiger partial charge on any atom is -0.512 e. The third kappa shape index (κ3) is 26.2. The van der Waals surface area contributed by atoms with Crippen LogP contribution in [-0.2, 0) is 126 Å². The number of pyridine rings is 6. The zero-order valence-electron chi connectivity index (χ0n) is 78.3. The van der Waals surface area contributed by atoms with Crippen molar-refractivity contribution in [1.82, 2.24) is 44.3 Å². The van der Waals surface area contributed by atoms with Gasteiger partial charge in [0.05, 0.1) is 40.0 Å². The number of anilines is 1. The van der Waals surface area contributed by atoms with Gasteiger partial charge in [-0.1, -0.05) is 247 Å². The van der Waals surface area contributed by atoms with Crippen LogP contribution in [0.3, 0.4) is 0 Å². The van der Waals surface area contributed by atoms with Crippen LogP contribution in [0.15, 0.2) is 303 Å². The molecule has 10 aromatic carbocycles. The molecule has 0 saturated carbocycles. The molecule has 0 bridgehead atoms. The summed E-state index contributed by atoms with van der Waals surface area (Å²) in [5, 5.41) is 42.0. The molecule has 0 spiro atoms. The van der Waals surface area contributed by atoms with Crippen LogP contribution in [0, 0.1) is 62.1 Å². The van der Waals surface area contributed by atoms with Gasteiger partial charge in [-0.25, -0.2) is 9.97 Å². The Balaban J connectivity index is 0.000000199. The number of allylic oxidation sites excluding steroid dienone is 6. The van der Waals surface area contributed by atoms with E-state index in [4.69, 9.17) is 42.1 Å². The number of aliphatic hydroxyl groups is 3. The molecular weight excluding hydrogens is 2590 g/mol. The SMILES string of the molecule is CC(=O)C=C(C)O.CC(=O)C=C(C)O.CC(=O)C=C(C)O.CC(C)c1ccc2c(c1)c1ccc[c-]c1c1nc3nccnc3n21.CC1(C)c2ccccc2-c2c[c-]c(-c3ccc4ccccc4n3)cc21.CC1(C)c2ccccc2-c2c[c-]c(-c3nccc4ccccc34)cc21.Cc1[c-]c(-c2ccc3ccccc3n2)cc(C)c1.[C-]#[N+]c1nc(C#N)c[c-]c1-c1cc(N(C)C)ccn1.[Ir].[Ir].[Ir].[Ir].[Ir]. The summed E-state index contributed by atoms with van der Waals surface area (Å²) in [4.78, 5) is 71.3. The van der Waals surface area contributed by atoms with Gasteiger partial charge in [0.15, 0.2) is 34.3 Å². The van der Waals surface area contributed by atoms with Crippen LogP contribution in [-0.4, -0.2) is 91.0 Å². The van der Waals surface area contributed by atoms with Gasteiger partial charge in [0.1, 0.15) is 0 Å². The third-order valence-electron chi connectivity index (χ3n) is 22.2. The largest absolute Gasteiger partial charge is 0.512 e. The number of nitriles is 1. The van der Waals surface area contributed by atoms with Gasteiger partial charge in [-0.2, -0.15) is 5.26 Å². The van der Waals surface area contributed by atoms with E-state index in [0.29, 0.717) is 22.8 Å². The molecule has 18 aromatic rings. The van der Waals surface area contributed by atoms with E-state index in [1.54, 1.807) is 18.6 Å². The van der Waals surface area contributed by atoms with Gasteiger partial charge in [0.2, 0.25) is 0 Å². The Morgan fingerprint density at radius 1 is 0.474 bits per heavy atom. The van der Waals surface area contributed by atoms with E-state index in [2.05, 4.69) is 302 Å². The van der Waals surface area contributed by atoms with Crippen molar-refractivity contribution in [3.05, 3.63) is 389 Å². The maximum atomic E-state index is 10.0. The molecule has 2 aliphatic carbocycles. The first-order valence-corrected chi connectivity index (χ1v) is 43.0. The van der Waals surface area contributed by atoms with Crippen molar-refractivity contribution in [2.45, 2.75) is 114 Å². The number of fused-ring (bicyclic) bond motifs is 17. The summed E-state index contributed by atoms with van der Waals surface area (Å²) in [5.41, 5.74) is 28.4. The molecule has 0 fully saturated rings. The summed E-state index contributed by atoms with van der Waals surface area (Å²) in [7, 11) is 3.85. The first-order chi connectivity index (χ1) is 63.3. The smallest absolute Gasteiger partial charge is 0.321 e. The summed E-state index contributed by atoms with van der Waals surface area (Å²) in [5.74, 6) is 0.433. The summed E-state index contributed by atoms with van der Waals surface area (Å²) in [6.45, 7) is 33.5. The number of rotatable bonds is 9. The van der Waals surface area contributed by atoms with E-state index in [9.17, 15) is 14.4 Å². The van der Waals surface area contributed by atoms with E-state index >= 15 is 0 Å². The number of imidazole rings is 1. The average molecular weight is 2690 g/mol. The number of aryl methyl sites for hydroxylation is 2. The maximum Gasteiger partial charge on any atom is 0.321 e. The average Bonchev–Trinajstić information content (AvgIpc) is 1.59. The molecule has 2 aliphatic rings. The number of para-hydroxylation sites is 2. The molecule has 20 rings (SSSR count). The number of ketones is 3. The number of nitrogens with zero attached hydrogens (tertiary/aromatic N) is 12. The molecule has 8 heterocycles. The Hall–Kier alpha value is -13.1. The Morgan fingerprint density at radius 3 is 1.53 bits per heavy atom. The summed E-state index contributed by atoms with van der Waals surface area (Å²) in [6.07, 6.45) is 10.5. The van der Waals surface area contributed by atoms with Crippen molar-refractivity contribution in [1.29, 1.82) is 5.26 Å². The normalized spacial score (nSPS) is 11.8. The van der Waals surface area contributed by atoms with Crippen LogP contribution in [0.1, 0.15) is 134 Å². The van der Waals surface area contributed by atoms with Gasteiger partial charge < -0.3 is 39.4 Å². The van der Waals surface area contributed by atoms with E-state index in [0.717, 1.165) is 83.6 Å². The topological polar surface area (TPSA) is 251 Å². The number of carbonyl (C=O) groups is 3. The molecule has 0 atom stereocenters. The Labute approximate surface area is 867 Å². The summed E-state index contributed by atoms with van der Waals surface area (Å²) < 4.78 is 2.10. The van der Waals surface area contributed by atoms with Crippen LogP contribution >= 0.6 is 0 Å². The van der Waals surface area contributed by atoms with Crippen LogP contribution in [0.4, 0.5) is 11.5 Å². The number of aromatic nitrogens is 9. The molecule has 18 nitrogen and oxygen atoms in total. The molecule has 8 aromatic heterocycles. The van der Waals surface area contributed by atoms with Gasteiger partial charge >= 0.3 is 5.82 Å². The number of benzene rings is 10. The molecule has 0 aliphatic heterocycles. The molecule has 701 valence electrons. The number of hydrogen-bond acceptors (Lipinski definition) is 16. The first kappa shape index (κ1) is 109. The Morgan fingerprint density at radius 2 is 0.993 bits per heavy atom. The summed E-state index contributed by atoms with van der Waals surface area (Å²) >= 11 is 0. The van der Waals surface area contributed by atoms with Crippen molar-refractivity contribution in [2.24, 2.45) is 0 Å². The van der Waals surface area contributed by atoms with Crippen molar-refractivity contribution in [3.63, 3.8) is 0 Å². The van der Waals surface area contributed by atoms with E-state index in [1.165, 1.54) is 148 Å². The standard InChI is InChI=1S/2C24H18N.C20H15N4.C17H14N.C14H10N5.3C5H8O2.5Ir/c1-24(2)20-9-5-4-8-18(20)19-13-11-17(15-21(19)24)23-14-12-16-7-3-6-10-22(16)25-23;1-24(2)21-10-6-5-9-19(21)20-12-11-17(15-22(20)24)23-18-8-4-3-7-16(18)13-14-25-23;1-12(2)13-7-8-17-16(11-13)14-5-3-4-6-15(14)19-23-18-20(24(17)19)22-10-9-21-18;1-12-9-13(2)11-15(10-12)17-8-7-14-5-3-4-6-16(14)18-17;1-16-14-12(5-4-10(9-15)18-14)13-8-11(19(2)3)6-7-17-13;3*1-4(6)3-5(2)7;;;;;/h2*3-10,12-15H,1-2H3;3-5,7-12H,1-2H3;3-10H,1-2H3;4,6-8H,2-3H3;3*3,6H,1-2H3;;;;;/q5*-1;;;;;;;;. The predicted molar refractivity (Wildman–Crippen MR) is 532 cm³/mol. The van der Waals surface area contributed by atoms with Crippen LogP contribution in [0.2, 0.25) is 0 Å². The monoisotopic (exact) mass is 2700 g/mol. The summed E-state index contributed by atoms with van der Waals surface area (Å²) in [6, 6.07) is 102. The zero-order valence-corrected chi connectivity index (χ0v) is 90.3. The second kappa shape index (κ2) is 49.1. The molecule has 0 amide bonds. The first-order valence-electron chi connectivity index (χ1n) is 43.0. The maximum absolute atomic E-state index is 10.0. The third-order valence-corrected chi connectivity index (χ3v) is 22.2. The molecule has 5 radical (unpaired) electrons. The quantitative estimate of drug-likeness (QED) is 0.0526. The van der Waals surface area contributed by atoms with Crippen molar-refractivity contribution >= 4 is 100 Å². The molecule has 0 saturated heterocycles. The number of aliphatic hydroxyl groups excluding tert-OH is 3. The Bertz CT molecular complexity index is 7530. The van der Waals surface area contributed by atoms with Crippen LogP contribution < -0.4 is 4.90 Å². The van der Waals surface area contributed by atoms with Gasteiger partial charge in [-0.15, -0.1) is 134 Å². The number of carbonyl (C=O) groups excluding carboxylic acids is 3. The molecule has 23 heteroatoms. The Kier molecular flexibility index (Phi) is 39.2. The second-order valence-corrected chi connectivity index (χ2v) is 33.7. The zero-order chi connectivity index (χ0) is 94.2. The van der Waals surface area contributed by atoms with Crippen LogP contribution in [0.5, 0.6) is 0 Å². The number of hydrogen-bond donors (Lipinski definition) is 3. The van der Waals surface area contributed by atoms with E-state index < -0.39 is 0 Å². The molecular formula is C114H99Ir5N12O6-5. The van der Waals surface area contributed by atoms with Gasteiger partial charge in [0.25, 0.3) is 0 Å². The minimum absolute atomic E-state index is 0. The molecule has 137 heavy (non-hydrogen) atoms. The van der Waals surface area contributed by atoms with Gasteiger partial charge in [-0.3, -0.25) is 29.3 Å². The minimum atomic E-state index is -0.125. The van der Waals surface area contributed by atoms with Gasteiger partial charge in [-0.05, 0) is 161 Å². The molecule has 3 N–H and O–H groups in total.